The number of ether oxygens (including phenoxy) is 8. The highest BCUT2D eigenvalue weighted by Crippen LogP contribution is 2.33. The lowest BCUT2D eigenvalue weighted by molar-refractivity contribution is -0.164. The predicted molar refractivity (Wildman–Crippen MR) is 90.0 cm³/mol. The highest BCUT2D eigenvalue weighted by Gasteiger charge is 2.26. The van der Waals surface area contributed by atoms with Crippen molar-refractivity contribution in [2.24, 2.45) is 0 Å². The molecule has 0 radical (unpaired) electrons. The van der Waals surface area contributed by atoms with Gasteiger partial charge in [-0.25, -0.2) is 0 Å². The molecule has 0 spiro atoms. The lowest BCUT2D eigenvalue weighted by Gasteiger charge is -2.24. The van der Waals surface area contributed by atoms with Gasteiger partial charge in [-0.1, -0.05) is 6.07 Å². The summed E-state index contributed by atoms with van der Waals surface area (Å²) < 4.78 is 41.6. The monoisotopic (exact) mass is 374 g/mol. The Bertz CT molecular complexity index is 509. The molecule has 0 aliphatic heterocycles. The molecule has 1 aromatic carbocycles. The summed E-state index contributed by atoms with van der Waals surface area (Å²) in [5.41, 5.74) is 0.631. The highest BCUT2D eigenvalue weighted by atomic mass is 16.7. The maximum absolute atomic E-state index is 11.5. The van der Waals surface area contributed by atoms with E-state index in [0.717, 1.165) is 0 Å². The van der Waals surface area contributed by atoms with Gasteiger partial charge in [-0.15, -0.1) is 0 Å². The molecule has 0 unspecified atom stereocenters. The third-order valence-electron chi connectivity index (χ3n) is 3.14. The minimum Gasteiger partial charge on any atom is -0.464 e. The lowest BCUT2D eigenvalue weighted by Crippen LogP contribution is -2.27. The molecule has 0 saturated heterocycles. The molecule has 9 heteroatoms. The van der Waals surface area contributed by atoms with Crippen LogP contribution in [-0.4, -0.2) is 68.0 Å². The Kier molecular flexibility index (Phi) is 11.5. The van der Waals surface area contributed by atoms with Gasteiger partial charge < -0.3 is 42.7 Å². The van der Waals surface area contributed by atoms with Crippen LogP contribution in [-0.2, 0) is 33.2 Å². The number of rotatable bonds is 15. The number of hydrogen-bond acceptors (Lipinski definition) is 9. The van der Waals surface area contributed by atoms with E-state index in [-0.39, 0.29) is 27.2 Å². The van der Waals surface area contributed by atoms with Gasteiger partial charge in [0, 0.05) is 28.4 Å². The molecule has 0 heterocycles. The lowest BCUT2D eigenvalue weighted by atomic mass is 10.0. The van der Waals surface area contributed by atoms with Gasteiger partial charge in [0.15, 0.2) is 31.4 Å². The number of hydrogen-bond donors (Lipinski definition) is 0. The summed E-state index contributed by atoms with van der Waals surface area (Å²) in [6.07, 6.45) is -0.986. The van der Waals surface area contributed by atoms with E-state index in [1.54, 1.807) is 18.2 Å². The van der Waals surface area contributed by atoms with E-state index >= 15 is 0 Å². The van der Waals surface area contributed by atoms with Crippen LogP contribution in [0.2, 0.25) is 0 Å². The molecule has 0 saturated carbocycles. The molecule has 0 fully saturated rings. The smallest absolute Gasteiger partial charge is 0.188 e. The Morgan fingerprint density at radius 1 is 0.808 bits per heavy atom. The van der Waals surface area contributed by atoms with E-state index in [9.17, 15) is 4.79 Å². The summed E-state index contributed by atoms with van der Waals surface area (Å²) in [4.78, 5) is 11.5. The molecule has 1 aromatic rings. The number of carbonyl (C=O) groups excluding carboxylic acids is 1. The summed E-state index contributed by atoms with van der Waals surface area (Å²) in [6, 6.07) is 5.09. The number of methoxy groups -OCH3 is 4. The van der Waals surface area contributed by atoms with E-state index in [1.165, 1.54) is 28.4 Å². The molecule has 2 atom stereocenters. The molecule has 26 heavy (non-hydrogen) atoms. The minimum absolute atomic E-state index is 0.0215. The number of aldehydes is 1. The fraction of sp³-hybridized carbons (Fsp3) is 0.588. The third-order valence-corrected chi connectivity index (χ3v) is 3.14. The van der Waals surface area contributed by atoms with Gasteiger partial charge in [0.1, 0.15) is 25.8 Å². The van der Waals surface area contributed by atoms with Crippen LogP contribution in [0.1, 0.15) is 11.7 Å². The quantitative estimate of drug-likeness (QED) is 0.334. The van der Waals surface area contributed by atoms with Gasteiger partial charge in [-0.05, 0) is 17.7 Å². The van der Waals surface area contributed by atoms with Crippen LogP contribution in [0.3, 0.4) is 0 Å². The van der Waals surface area contributed by atoms with Crippen molar-refractivity contribution in [2.75, 3.05) is 55.6 Å². The summed E-state index contributed by atoms with van der Waals surface area (Å²) in [5.74, 6) is 0.863. The van der Waals surface area contributed by atoms with Crippen LogP contribution >= 0.6 is 0 Å². The second-order valence-corrected chi connectivity index (χ2v) is 4.98. The van der Waals surface area contributed by atoms with E-state index in [4.69, 9.17) is 37.9 Å². The Morgan fingerprint density at radius 3 is 1.96 bits per heavy atom. The highest BCUT2D eigenvalue weighted by molar-refractivity contribution is 5.58. The van der Waals surface area contributed by atoms with Crippen molar-refractivity contribution in [3.63, 3.8) is 0 Å². The zero-order chi connectivity index (χ0) is 19.2. The van der Waals surface area contributed by atoms with Crippen molar-refractivity contribution >= 4 is 6.29 Å². The minimum atomic E-state index is -0.897. The van der Waals surface area contributed by atoms with Crippen molar-refractivity contribution in [1.82, 2.24) is 0 Å². The first-order valence-electron chi connectivity index (χ1n) is 7.75. The Balaban J connectivity index is 3.11. The second kappa shape index (κ2) is 13.5. The van der Waals surface area contributed by atoms with E-state index in [0.29, 0.717) is 23.3 Å². The fourth-order valence-corrected chi connectivity index (χ4v) is 2.05. The van der Waals surface area contributed by atoms with Gasteiger partial charge >= 0.3 is 0 Å². The zero-order valence-corrected chi connectivity index (χ0v) is 15.5. The molecule has 1 rings (SSSR count). The average Bonchev–Trinajstić information content (AvgIpc) is 2.67. The molecule has 0 aliphatic carbocycles. The standard InChI is InChI=1S/C17H26O9/c1-19-9-23-14-6-5-13(7-15(14)24-10-20-2)17(26-12-22-4)16(8-18)25-11-21-3/h5-8,16-17H,9-12H2,1-4H3/t16-,17+/m1/s1. The van der Waals surface area contributed by atoms with Crippen LogP contribution in [0.4, 0.5) is 0 Å². The van der Waals surface area contributed by atoms with Crippen LogP contribution in [0.25, 0.3) is 0 Å². The van der Waals surface area contributed by atoms with Gasteiger partial charge in [0.25, 0.3) is 0 Å². The van der Waals surface area contributed by atoms with Gasteiger partial charge in [0.05, 0.1) is 0 Å². The van der Waals surface area contributed by atoms with Crippen molar-refractivity contribution < 1.29 is 42.7 Å². The SMILES string of the molecule is COCOc1ccc([C@H](OCOC)[C@@H](C=O)OCOC)cc1OCOC. The molecule has 9 nitrogen and oxygen atoms in total. The van der Waals surface area contributed by atoms with Gasteiger partial charge in [0.2, 0.25) is 0 Å². The van der Waals surface area contributed by atoms with E-state index in [1.807, 2.05) is 0 Å². The van der Waals surface area contributed by atoms with Crippen molar-refractivity contribution in [2.45, 2.75) is 12.2 Å². The third kappa shape index (κ3) is 7.24. The molecule has 0 aromatic heterocycles. The van der Waals surface area contributed by atoms with Crippen molar-refractivity contribution in [3.05, 3.63) is 23.8 Å². The summed E-state index contributed by atoms with van der Waals surface area (Å²) in [7, 11) is 5.97. The molecule has 0 aliphatic rings. The largest absolute Gasteiger partial charge is 0.464 e. The maximum atomic E-state index is 11.5. The molecule has 0 bridgehead atoms. The Hall–Kier alpha value is -1.75. The topological polar surface area (TPSA) is 90.9 Å². The first kappa shape index (κ1) is 22.3. The predicted octanol–water partition coefficient (Wildman–Crippen LogP) is 1.50. The average molecular weight is 374 g/mol. The Morgan fingerprint density at radius 2 is 1.38 bits per heavy atom. The van der Waals surface area contributed by atoms with Crippen molar-refractivity contribution in [1.29, 1.82) is 0 Å². The summed E-state index contributed by atoms with van der Waals surface area (Å²) in [5, 5.41) is 0. The number of carbonyl (C=O) groups is 1. The van der Waals surface area contributed by atoms with Gasteiger partial charge in [-0.3, -0.25) is 0 Å². The molecule has 0 amide bonds. The van der Waals surface area contributed by atoms with Crippen LogP contribution in [0, 0.1) is 0 Å². The molecule has 148 valence electrons. The first-order chi connectivity index (χ1) is 12.7. The summed E-state index contributed by atoms with van der Waals surface area (Å²) in [6.45, 7) is -0.00622. The molecule has 0 N–H and O–H groups in total. The van der Waals surface area contributed by atoms with Crippen molar-refractivity contribution in [3.8, 4) is 11.5 Å². The zero-order valence-electron chi connectivity index (χ0n) is 15.5. The maximum Gasteiger partial charge on any atom is 0.188 e. The first-order valence-corrected chi connectivity index (χ1v) is 7.75. The number of benzene rings is 1. The van der Waals surface area contributed by atoms with E-state index < -0.39 is 12.2 Å². The van der Waals surface area contributed by atoms with Crippen LogP contribution < -0.4 is 9.47 Å². The van der Waals surface area contributed by atoms with Crippen LogP contribution in [0.15, 0.2) is 18.2 Å². The second-order valence-electron chi connectivity index (χ2n) is 4.98. The Labute approximate surface area is 153 Å². The van der Waals surface area contributed by atoms with E-state index in [2.05, 4.69) is 0 Å². The van der Waals surface area contributed by atoms with Gasteiger partial charge in [-0.2, -0.15) is 0 Å². The fourth-order valence-electron chi connectivity index (χ4n) is 2.05. The molecular weight excluding hydrogens is 348 g/mol. The summed E-state index contributed by atoms with van der Waals surface area (Å²) >= 11 is 0. The van der Waals surface area contributed by atoms with Crippen LogP contribution in [0.5, 0.6) is 11.5 Å². The molecular formula is C17H26O9. The normalized spacial score (nSPS) is 13.2.